The van der Waals surface area contributed by atoms with Gasteiger partial charge in [-0.2, -0.15) is 0 Å². The second-order valence-corrected chi connectivity index (χ2v) is 4.46. The van der Waals surface area contributed by atoms with Crippen LogP contribution >= 0.6 is 11.6 Å². The van der Waals surface area contributed by atoms with Crippen molar-refractivity contribution in [2.45, 2.75) is 6.92 Å². The molecule has 0 spiro atoms. The molecule has 1 N–H and O–H groups in total. The summed E-state index contributed by atoms with van der Waals surface area (Å²) in [6.45, 7) is 5.81. The lowest BCUT2D eigenvalue weighted by atomic mass is 10.2. The van der Waals surface area contributed by atoms with Crippen LogP contribution in [0.3, 0.4) is 0 Å². The third-order valence-electron chi connectivity index (χ3n) is 2.63. The molecule has 108 valence electrons. The summed E-state index contributed by atoms with van der Waals surface area (Å²) in [5, 5.41) is 4.07. The van der Waals surface area contributed by atoms with E-state index in [0.717, 1.165) is 22.8 Å². The van der Waals surface area contributed by atoms with Gasteiger partial charge in [-0.25, -0.2) is 0 Å². The van der Waals surface area contributed by atoms with E-state index in [-0.39, 0.29) is 0 Å². The first kappa shape index (κ1) is 16.2. The molecule has 1 aromatic carbocycles. The van der Waals surface area contributed by atoms with Crippen molar-refractivity contribution in [3.8, 4) is 0 Å². The molecule has 4 nitrogen and oxygen atoms in total. The molecule has 0 aliphatic rings. The Bertz CT molecular complexity index is 361. The molecular formula is C14H22ClNO3. The molecule has 0 aromatic heterocycles. The first-order valence-electron chi connectivity index (χ1n) is 6.39. The van der Waals surface area contributed by atoms with Crippen molar-refractivity contribution >= 4 is 17.3 Å². The second kappa shape index (κ2) is 10.0. The minimum Gasteiger partial charge on any atom is -0.382 e. The molecule has 0 amide bonds. The molecule has 0 heterocycles. The molecule has 0 bridgehead atoms. The predicted octanol–water partition coefficient (Wildman–Crippen LogP) is 2.74. The number of ether oxygens (including phenoxy) is 3. The summed E-state index contributed by atoms with van der Waals surface area (Å²) in [5.41, 5.74) is 2.11. The number of rotatable bonds is 10. The van der Waals surface area contributed by atoms with Crippen molar-refractivity contribution in [3.63, 3.8) is 0 Å². The van der Waals surface area contributed by atoms with Gasteiger partial charge in [-0.15, -0.1) is 0 Å². The summed E-state index contributed by atoms with van der Waals surface area (Å²) in [5.74, 6) is 0. The van der Waals surface area contributed by atoms with Gasteiger partial charge in [0.1, 0.15) is 0 Å². The molecule has 0 aliphatic heterocycles. The van der Waals surface area contributed by atoms with Crippen LogP contribution in [0, 0.1) is 6.92 Å². The lowest BCUT2D eigenvalue weighted by Gasteiger charge is -2.11. The number of benzene rings is 1. The van der Waals surface area contributed by atoms with Crippen LogP contribution in [-0.2, 0) is 14.2 Å². The van der Waals surface area contributed by atoms with Crippen molar-refractivity contribution < 1.29 is 14.2 Å². The van der Waals surface area contributed by atoms with E-state index in [1.165, 1.54) is 0 Å². The summed E-state index contributed by atoms with van der Waals surface area (Å²) >= 11 is 6.04. The zero-order valence-electron chi connectivity index (χ0n) is 11.6. The Morgan fingerprint density at radius 3 is 2.47 bits per heavy atom. The van der Waals surface area contributed by atoms with Gasteiger partial charge in [0.05, 0.1) is 33.0 Å². The molecule has 19 heavy (non-hydrogen) atoms. The van der Waals surface area contributed by atoms with E-state index in [1.807, 2.05) is 25.1 Å². The summed E-state index contributed by atoms with van der Waals surface area (Å²) in [6, 6.07) is 5.83. The average molecular weight is 288 g/mol. The first-order valence-corrected chi connectivity index (χ1v) is 6.77. The topological polar surface area (TPSA) is 39.7 Å². The van der Waals surface area contributed by atoms with E-state index in [2.05, 4.69) is 5.32 Å². The molecule has 0 atom stereocenters. The van der Waals surface area contributed by atoms with E-state index >= 15 is 0 Å². The van der Waals surface area contributed by atoms with E-state index in [1.54, 1.807) is 7.11 Å². The highest BCUT2D eigenvalue weighted by atomic mass is 35.5. The summed E-state index contributed by atoms with van der Waals surface area (Å²) < 4.78 is 15.6. The van der Waals surface area contributed by atoms with E-state index in [4.69, 9.17) is 25.8 Å². The summed E-state index contributed by atoms with van der Waals surface area (Å²) in [6.07, 6.45) is 0. The second-order valence-electron chi connectivity index (χ2n) is 4.06. The van der Waals surface area contributed by atoms with Gasteiger partial charge in [0.25, 0.3) is 0 Å². The van der Waals surface area contributed by atoms with Gasteiger partial charge in [-0.3, -0.25) is 0 Å². The fourth-order valence-electron chi connectivity index (χ4n) is 1.52. The molecule has 0 aliphatic carbocycles. The van der Waals surface area contributed by atoms with Crippen molar-refractivity contribution in [2.24, 2.45) is 0 Å². The number of methoxy groups -OCH3 is 1. The minimum atomic E-state index is 0.597. The molecular weight excluding hydrogens is 266 g/mol. The van der Waals surface area contributed by atoms with Crippen molar-refractivity contribution in [1.29, 1.82) is 0 Å². The molecule has 0 radical (unpaired) electrons. The normalized spacial score (nSPS) is 10.7. The molecule has 1 aromatic rings. The third-order valence-corrected chi connectivity index (χ3v) is 3.04. The summed E-state index contributed by atoms with van der Waals surface area (Å²) in [7, 11) is 1.66. The fraction of sp³-hybridized carbons (Fsp3) is 0.571. The quantitative estimate of drug-likeness (QED) is 0.672. The molecule has 5 heteroatoms. The van der Waals surface area contributed by atoms with Crippen molar-refractivity contribution in [2.75, 3.05) is 52.0 Å². The Hall–Kier alpha value is -0.810. The maximum Gasteiger partial charge on any atom is 0.0701 e. The number of halogens is 1. The third kappa shape index (κ3) is 6.78. The van der Waals surface area contributed by atoms with E-state index < -0.39 is 0 Å². The Balaban J connectivity index is 2.03. The van der Waals surface area contributed by atoms with Crippen LogP contribution in [-0.4, -0.2) is 46.7 Å². The molecule has 0 saturated heterocycles. The number of nitrogens with one attached hydrogen (secondary N) is 1. The van der Waals surface area contributed by atoms with Gasteiger partial charge in [-0.1, -0.05) is 17.7 Å². The number of hydrogen-bond donors (Lipinski definition) is 1. The maximum atomic E-state index is 6.04. The van der Waals surface area contributed by atoms with Gasteiger partial charge in [0, 0.05) is 24.4 Å². The smallest absolute Gasteiger partial charge is 0.0701 e. The van der Waals surface area contributed by atoms with Crippen LogP contribution in [0.25, 0.3) is 0 Å². The minimum absolute atomic E-state index is 0.597. The van der Waals surface area contributed by atoms with Crippen molar-refractivity contribution in [1.82, 2.24) is 0 Å². The zero-order valence-corrected chi connectivity index (χ0v) is 12.3. The zero-order chi connectivity index (χ0) is 13.9. The van der Waals surface area contributed by atoms with Crippen LogP contribution in [0.2, 0.25) is 5.02 Å². The molecule has 0 unspecified atom stereocenters. The predicted molar refractivity (Wildman–Crippen MR) is 78.2 cm³/mol. The number of anilines is 1. The fourth-order valence-corrected chi connectivity index (χ4v) is 1.70. The Labute approximate surface area is 120 Å². The Morgan fingerprint density at radius 2 is 1.74 bits per heavy atom. The largest absolute Gasteiger partial charge is 0.382 e. The van der Waals surface area contributed by atoms with Gasteiger partial charge < -0.3 is 19.5 Å². The average Bonchev–Trinajstić information content (AvgIpc) is 2.41. The summed E-state index contributed by atoms with van der Waals surface area (Å²) in [4.78, 5) is 0. The number of hydrogen-bond acceptors (Lipinski definition) is 4. The maximum absolute atomic E-state index is 6.04. The van der Waals surface area contributed by atoms with E-state index in [0.29, 0.717) is 33.0 Å². The van der Waals surface area contributed by atoms with Gasteiger partial charge in [0.15, 0.2) is 0 Å². The van der Waals surface area contributed by atoms with Gasteiger partial charge in [-0.05, 0) is 24.6 Å². The van der Waals surface area contributed by atoms with Crippen LogP contribution in [0.1, 0.15) is 5.56 Å². The highest BCUT2D eigenvalue weighted by Gasteiger charge is 2.00. The standard InChI is InChI=1S/C14H22ClNO3/c1-12-13(15)4-3-5-14(12)16-6-7-18-10-11-19-9-8-17-2/h3-5,16H,6-11H2,1-2H3. The van der Waals surface area contributed by atoms with Crippen LogP contribution in [0.5, 0.6) is 0 Å². The molecule has 0 fully saturated rings. The first-order chi connectivity index (χ1) is 9.25. The van der Waals surface area contributed by atoms with Gasteiger partial charge >= 0.3 is 0 Å². The SMILES string of the molecule is COCCOCCOCCNc1cccc(Cl)c1C. The lowest BCUT2D eigenvalue weighted by molar-refractivity contribution is 0.0272. The Morgan fingerprint density at radius 1 is 1.05 bits per heavy atom. The highest BCUT2D eigenvalue weighted by Crippen LogP contribution is 2.22. The molecule has 0 saturated carbocycles. The highest BCUT2D eigenvalue weighted by molar-refractivity contribution is 6.31. The Kier molecular flexibility index (Phi) is 8.58. The van der Waals surface area contributed by atoms with E-state index in [9.17, 15) is 0 Å². The van der Waals surface area contributed by atoms with Gasteiger partial charge in [0.2, 0.25) is 0 Å². The monoisotopic (exact) mass is 287 g/mol. The van der Waals surface area contributed by atoms with Crippen molar-refractivity contribution in [3.05, 3.63) is 28.8 Å². The molecule has 1 rings (SSSR count). The van der Waals surface area contributed by atoms with Crippen LogP contribution in [0.4, 0.5) is 5.69 Å². The van der Waals surface area contributed by atoms with Crippen LogP contribution in [0.15, 0.2) is 18.2 Å². The van der Waals surface area contributed by atoms with Crippen LogP contribution < -0.4 is 5.32 Å². The lowest BCUT2D eigenvalue weighted by Crippen LogP contribution is -2.14.